The van der Waals surface area contributed by atoms with Gasteiger partial charge in [0.1, 0.15) is 34.6 Å². The average Bonchev–Trinajstić information content (AvgIpc) is 3.21. The van der Waals surface area contributed by atoms with E-state index in [-0.39, 0.29) is 63.6 Å². The van der Waals surface area contributed by atoms with Crippen molar-refractivity contribution in [3.63, 3.8) is 0 Å². The summed E-state index contributed by atoms with van der Waals surface area (Å²) in [7, 11) is 1.44. The molecule has 2 bridgehead atoms. The summed E-state index contributed by atoms with van der Waals surface area (Å²) in [5.41, 5.74) is -0.858. The molecule has 0 unspecified atom stereocenters. The highest BCUT2D eigenvalue weighted by molar-refractivity contribution is 6.04. The largest absolute Gasteiger partial charge is 0.508 e. The van der Waals surface area contributed by atoms with Crippen LogP contribution in [0.25, 0.3) is 32.9 Å². The highest BCUT2D eigenvalue weighted by Crippen LogP contribution is 2.44. The highest BCUT2D eigenvalue weighted by atomic mass is 19.1. The van der Waals surface area contributed by atoms with E-state index < -0.39 is 17.3 Å². The Bertz CT molecular complexity index is 1800. The molecule has 2 fully saturated rings. The Morgan fingerprint density at radius 2 is 2.03 bits per heavy atom. The van der Waals surface area contributed by atoms with Crippen LogP contribution in [-0.4, -0.2) is 50.4 Å². The van der Waals surface area contributed by atoms with Crippen molar-refractivity contribution >= 4 is 27.5 Å². The van der Waals surface area contributed by atoms with Gasteiger partial charge in [0.05, 0.1) is 17.1 Å². The fourth-order valence-corrected chi connectivity index (χ4v) is 6.48. The van der Waals surface area contributed by atoms with E-state index in [4.69, 9.17) is 11.2 Å². The monoisotopic (exact) mass is 515 g/mol. The van der Waals surface area contributed by atoms with Crippen LogP contribution in [0.4, 0.5) is 14.6 Å². The molecular weight excluding hydrogens is 492 g/mol. The normalized spacial score (nSPS) is 23.7. The molecule has 2 aromatic carbocycles. The molecule has 5 heterocycles. The fourth-order valence-electron chi connectivity index (χ4n) is 6.48. The molecule has 0 amide bonds. The lowest BCUT2D eigenvalue weighted by molar-refractivity contribution is 0.155. The Morgan fingerprint density at radius 1 is 1.21 bits per heavy atom. The van der Waals surface area contributed by atoms with Gasteiger partial charge in [0.15, 0.2) is 5.82 Å². The molecule has 3 aliphatic heterocycles. The molecule has 0 spiro atoms. The number of hydrogen-bond acceptors (Lipinski definition) is 7. The number of aromatic nitrogens is 3. The summed E-state index contributed by atoms with van der Waals surface area (Å²) in [6.07, 6.45) is 7.22. The van der Waals surface area contributed by atoms with Gasteiger partial charge in [0.2, 0.25) is 5.88 Å². The van der Waals surface area contributed by atoms with Crippen molar-refractivity contribution in [2.75, 3.05) is 11.4 Å². The number of halogens is 2. The molecular formula is C28H23F2N5O3. The lowest BCUT2D eigenvalue weighted by Gasteiger charge is -2.42. The predicted molar refractivity (Wildman–Crippen MR) is 138 cm³/mol. The van der Waals surface area contributed by atoms with Gasteiger partial charge in [-0.1, -0.05) is 12.0 Å². The first-order chi connectivity index (χ1) is 18.3. The first-order valence-corrected chi connectivity index (χ1v) is 12.5. The number of fused-ring (bicyclic) bond motifs is 6. The van der Waals surface area contributed by atoms with Crippen molar-refractivity contribution in [1.82, 2.24) is 19.9 Å². The Morgan fingerprint density at radius 3 is 2.82 bits per heavy atom. The van der Waals surface area contributed by atoms with Crippen molar-refractivity contribution in [2.24, 2.45) is 7.05 Å². The number of pyridine rings is 1. The third-order valence-electron chi connectivity index (χ3n) is 8.09. The molecule has 38 heavy (non-hydrogen) atoms. The molecule has 0 saturated carbocycles. The Balaban J connectivity index is 1.59. The first-order valence-electron chi connectivity index (χ1n) is 12.5. The number of nitrogens with zero attached hydrogens (tertiary/aromatic N) is 4. The fraction of sp³-hybridized carbons (Fsp3) is 0.321. The van der Waals surface area contributed by atoms with Gasteiger partial charge in [0, 0.05) is 36.6 Å². The van der Waals surface area contributed by atoms with Crippen molar-refractivity contribution in [3.8, 4) is 35.2 Å². The lowest BCUT2D eigenvalue weighted by Crippen LogP contribution is -2.62. The van der Waals surface area contributed by atoms with Gasteiger partial charge < -0.3 is 20.1 Å². The summed E-state index contributed by atoms with van der Waals surface area (Å²) in [6, 6.07) is 5.59. The van der Waals surface area contributed by atoms with Crippen molar-refractivity contribution in [3.05, 3.63) is 51.9 Å². The topological polar surface area (TPSA) is 92.5 Å². The van der Waals surface area contributed by atoms with Crippen LogP contribution in [-0.2, 0) is 7.05 Å². The van der Waals surface area contributed by atoms with Gasteiger partial charge in [-0.05, 0) is 43.4 Å². The Labute approximate surface area is 215 Å². The summed E-state index contributed by atoms with van der Waals surface area (Å²) in [4.78, 5) is 24.1. The zero-order valence-electron chi connectivity index (χ0n) is 20.6. The molecule has 4 aromatic rings. The number of aryl methyl sites for hydroxylation is 1. The van der Waals surface area contributed by atoms with Gasteiger partial charge >= 0.3 is 5.69 Å². The zero-order chi connectivity index (χ0) is 26.5. The SMILES string of the molecule is C#Cc1c(F)ccc2cc(O)cc(-c3nc4c5c(nc(=O)n(C)c5c3F)N3C[C@H]5CC[C@H](N5)[C@H]3[C@H](C)O4)c12. The van der Waals surface area contributed by atoms with E-state index in [2.05, 4.69) is 26.1 Å². The van der Waals surface area contributed by atoms with E-state index >= 15 is 4.39 Å². The van der Waals surface area contributed by atoms with Crippen LogP contribution >= 0.6 is 0 Å². The third kappa shape index (κ3) is 3.02. The maximum absolute atomic E-state index is 16.6. The molecule has 3 aliphatic rings. The minimum absolute atomic E-state index is 0.0334. The summed E-state index contributed by atoms with van der Waals surface area (Å²) in [5.74, 6) is 1.15. The Hall–Kier alpha value is -4.23. The number of nitrogens with one attached hydrogen (secondary N) is 1. The summed E-state index contributed by atoms with van der Waals surface area (Å²) in [5, 5.41) is 15.0. The molecule has 2 aromatic heterocycles. The van der Waals surface area contributed by atoms with Crippen LogP contribution in [0.1, 0.15) is 25.3 Å². The highest BCUT2D eigenvalue weighted by Gasteiger charge is 2.47. The number of terminal acetylenes is 1. The molecule has 0 radical (unpaired) electrons. The number of aromatic hydroxyl groups is 1. The molecule has 0 aliphatic carbocycles. The van der Waals surface area contributed by atoms with Crippen LogP contribution in [0.5, 0.6) is 11.6 Å². The molecule has 2 saturated heterocycles. The zero-order valence-corrected chi connectivity index (χ0v) is 20.6. The standard InChI is InChI=1S/C28H23F2N5O3/c1-4-16-18(29)7-5-13-9-15(36)10-17(20(13)16)23-22(30)25-21-26(33-28(37)34(25)3)35-11-14-6-8-19(31-14)24(35)12(2)38-27(21)32-23/h1,5,7,9-10,12,14,19,24,31,36H,6,8,11H2,2-3H3/t12-,14+,19-,24+/m0/s1. The van der Waals surface area contributed by atoms with E-state index in [0.717, 1.165) is 17.4 Å². The van der Waals surface area contributed by atoms with E-state index in [1.807, 2.05) is 6.92 Å². The van der Waals surface area contributed by atoms with E-state index in [1.165, 1.54) is 31.3 Å². The number of hydrogen-bond donors (Lipinski definition) is 2. The lowest BCUT2D eigenvalue weighted by atomic mass is 9.95. The van der Waals surface area contributed by atoms with E-state index in [9.17, 15) is 14.3 Å². The van der Waals surface area contributed by atoms with E-state index in [1.54, 1.807) is 0 Å². The van der Waals surface area contributed by atoms with Gasteiger partial charge in [-0.15, -0.1) is 6.42 Å². The number of rotatable bonds is 1. The maximum atomic E-state index is 16.6. The first kappa shape index (κ1) is 22.9. The van der Waals surface area contributed by atoms with Crippen molar-refractivity contribution in [2.45, 2.75) is 44.0 Å². The number of piperazine rings is 1. The van der Waals surface area contributed by atoms with Crippen LogP contribution in [0.2, 0.25) is 0 Å². The molecule has 10 heteroatoms. The Kier molecular flexibility index (Phi) is 4.76. The number of anilines is 1. The minimum atomic E-state index is -0.820. The molecule has 7 rings (SSSR count). The van der Waals surface area contributed by atoms with Crippen LogP contribution in [0.15, 0.2) is 29.1 Å². The second-order valence-corrected chi connectivity index (χ2v) is 10.3. The molecule has 8 nitrogen and oxygen atoms in total. The number of benzene rings is 2. The second kappa shape index (κ2) is 7.88. The number of phenolic OH excluding ortho intramolecular Hbond substituents is 1. The van der Waals surface area contributed by atoms with Crippen LogP contribution < -0.4 is 20.6 Å². The minimum Gasteiger partial charge on any atom is -0.508 e. The average molecular weight is 516 g/mol. The van der Waals surface area contributed by atoms with Crippen LogP contribution in [0, 0.1) is 24.0 Å². The summed E-state index contributed by atoms with van der Waals surface area (Å²) < 4.78 is 38.8. The quantitative estimate of drug-likeness (QED) is 0.376. The third-order valence-corrected chi connectivity index (χ3v) is 8.09. The van der Waals surface area contributed by atoms with Gasteiger partial charge in [-0.25, -0.2) is 18.6 Å². The maximum Gasteiger partial charge on any atom is 0.349 e. The van der Waals surface area contributed by atoms with Gasteiger partial charge in [0.25, 0.3) is 0 Å². The van der Waals surface area contributed by atoms with Crippen molar-refractivity contribution in [1.29, 1.82) is 0 Å². The predicted octanol–water partition coefficient (Wildman–Crippen LogP) is 3.20. The second-order valence-electron chi connectivity index (χ2n) is 10.3. The molecule has 192 valence electrons. The summed E-state index contributed by atoms with van der Waals surface area (Å²) >= 11 is 0. The smallest absolute Gasteiger partial charge is 0.349 e. The van der Waals surface area contributed by atoms with Gasteiger partial charge in [-0.2, -0.15) is 4.98 Å². The summed E-state index contributed by atoms with van der Waals surface area (Å²) in [6.45, 7) is 2.53. The van der Waals surface area contributed by atoms with E-state index in [0.29, 0.717) is 23.1 Å². The number of ether oxygens (including phenoxy) is 1. The molecule has 4 atom stereocenters. The molecule has 2 N–H and O–H groups in total. The number of phenols is 1. The van der Waals surface area contributed by atoms with Crippen LogP contribution in [0.3, 0.4) is 0 Å². The van der Waals surface area contributed by atoms with Crippen molar-refractivity contribution < 1.29 is 18.6 Å². The van der Waals surface area contributed by atoms with Gasteiger partial charge in [-0.3, -0.25) is 4.57 Å².